The SMILES string of the molecule is Cc1ccccc1-c1ccc(-n2c3ccccc3c3ccc4c5ccccc5n(-c5nc(-c6ccccc6)nc(-c6ccccc6-c6ccccc6)n5)c4c32)cc1-c1ccccc1. The van der Waals surface area contributed by atoms with Crippen molar-refractivity contribution < 1.29 is 0 Å². The number of aromatic nitrogens is 5. The number of hydrogen-bond donors (Lipinski definition) is 0. The van der Waals surface area contributed by atoms with Crippen LogP contribution in [-0.4, -0.2) is 24.1 Å². The molecule has 0 saturated carbocycles. The molecule has 296 valence electrons. The quantitative estimate of drug-likeness (QED) is 0.161. The summed E-state index contributed by atoms with van der Waals surface area (Å²) in [5, 5.41) is 4.57. The molecule has 12 rings (SSSR count). The molecule has 0 aliphatic carbocycles. The van der Waals surface area contributed by atoms with Crippen LogP contribution < -0.4 is 0 Å². The van der Waals surface area contributed by atoms with Gasteiger partial charge in [0.2, 0.25) is 5.95 Å². The summed E-state index contributed by atoms with van der Waals surface area (Å²) in [7, 11) is 0. The lowest BCUT2D eigenvalue weighted by molar-refractivity contribution is 0.953. The van der Waals surface area contributed by atoms with Crippen LogP contribution in [0.25, 0.3) is 111 Å². The molecule has 12 aromatic rings. The van der Waals surface area contributed by atoms with Crippen molar-refractivity contribution in [3.8, 4) is 67.8 Å². The van der Waals surface area contributed by atoms with E-state index in [1.807, 2.05) is 24.3 Å². The van der Waals surface area contributed by atoms with E-state index in [1.54, 1.807) is 0 Å². The van der Waals surface area contributed by atoms with Crippen LogP contribution in [-0.2, 0) is 0 Å². The maximum Gasteiger partial charge on any atom is 0.238 e. The average molecular weight is 806 g/mol. The van der Waals surface area contributed by atoms with E-state index in [2.05, 4.69) is 210 Å². The molecule has 0 amide bonds. The molecule has 3 aromatic heterocycles. The van der Waals surface area contributed by atoms with Gasteiger partial charge < -0.3 is 4.57 Å². The van der Waals surface area contributed by atoms with Crippen molar-refractivity contribution in [2.24, 2.45) is 0 Å². The third-order valence-corrected chi connectivity index (χ3v) is 12.4. The van der Waals surface area contributed by atoms with Gasteiger partial charge >= 0.3 is 0 Å². The molecule has 5 heteroatoms. The second kappa shape index (κ2) is 14.9. The molecular weight excluding hydrogens is 767 g/mol. The zero-order chi connectivity index (χ0) is 41.9. The smallest absolute Gasteiger partial charge is 0.238 e. The van der Waals surface area contributed by atoms with Crippen LogP contribution in [0.2, 0.25) is 0 Å². The maximum atomic E-state index is 5.46. The standard InChI is InChI=1S/C58H39N5/c1-38-19-11-12-26-43(38)45-34-33-42(37-51(45)40-22-7-3-8-23-40)62-52-31-17-15-28-46(52)48-35-36-49-47-29-16-18-32-53(47)63(55(49)54(48)62)58-60-56(41-24-9-4-10-25-41)59-57(61-58)50-30-14-13-27-44(50)39-20-5-2-6-21-39/h2-37H,1H3. The molecule has 0 aliphatic heterocycles. The minimum absolute atomic E-state index is 0.553. The molecule has 0 N–H and O–H groups in total. The summed E-state index contributed by atoms with van der Waals surface area (Å²) in [6.07, 6.45) is 0. The molecule has 0 fully saturated rings. The average Bonchev–Trinajstić information content (AvgIpc) is 3.88. The Bertz CT molecular complexity index is 3680. The van der Waals surface area contributed by atoms with E-state index in [1.165, 1.54) is 33.2 Å². The zero-order valence-electron chi connectivity index (χ0n) is 34.5. The number of benzene rings is 9. The number of para-hydroxylation sites is 2. The summed E-state index contributed by atoms with van der Waals surface area (Å²) >= 11 is 0. The Morgan fingerprint density at radius 2 is 0.810 bits per heavy atom. The molecule has 0 aliphatic rings. The van der Waals surface area contributed by atoms with E-state index in [-0.39, 0.29) is 0 Å². The first-order chi connectivity index (χ1) is 31.2. The van der Waals surface area contributed by atoms with Crippen LogP contribution in [0.5, 0.6) is 0 Å². The van der Waals surface area contributed by atoms with Gasteiger partial charge in [-0.3, -0.25) is 4.57 Å². The van der Waals surface area contributed by atoms with Gasteiger partial charge in [-0.1, -0.05) is 194 Å². The monoisotopic (exact) mass is 805 g/mol. The van der Waals surface area contributed by atoms with E-state index >= 15 is 0 Å². The van der Waals surface area contributed by atoms with Crippen LogP contribution in [0.3, 0.4) is 0 Å². The van der Waals surface area contributed by atoms with Crippen molar-refractivity contribution in [1.29, 1.82) is 0 Å². The van der Waals surface area contributed by atoms with Crippen LogP contribution in [0.4, 0.5) is 0 Å². The zero-order valence-corrected chi connectivity index (χ0v) is 34.5. The lowest BCUT2D eigenvalue weighted by Crippen LogP contribution is -2.07. The number of fused-ring (bicyclic) bond motifs is 7. The molecule has 0 saturated heterocycles. The van der Waals surface area contributed by atoms with E-state index in [0.29, 0.717) is 17.6 Å². The molecule has 5 nitrogen and oxygen atoms in total. The van der Waals surface area contributed by atoms with E-state index < -0.39 is 0 Å². The summed E-state index contributed by atoms with van der Waals surface area (Å²) in [5.74, 6) is 1.77. The molecule has 0 atom stereocenters. The molecule has 0 spiro atoms. The normalized spacial score (nSPS) is 11.6. The van der Waals surface area contributed by atoms with Crippen molar-refractivity contribution in [3.63, 3.8) is 0 Å². The van der Waals surface area contributed by atoms with Gasteiger partial charge in [0, 0.05) is 38.4 Å². The van der Waals surface area contributed by atoms with Gasteiger partial charge in [-0.05, 0) is 70.1 Å². The number of rotatable bonds is 7. The summed E-state index contributed by atoms with van der Waals surface area (Å²) in [6.45, 7) is 2.19. The Morgan fingerprint density at radius 3 is 1.46 bits per heavy atom. The van der Waals surface area contributed by atoms with Crippen LogP contribution in [0, 0.1) is 6.92 Å². The van der Waals surface area contributed by atoms with Crippen molar-refractivity contribution in [1.82, 2.24) is 24.1 Å². The highest BCUT2D eigenvalue weighted by Crippen LogP contribution is 2.43. The number of aryl methyl sites for hydroxylation is 1. The predicted molar refractivity (Wildman–Crippen MR) is 260 cm³/mol. The molecule has 63 heavy (non-hydrogen) atoms. The highest BCUT2D eigenvalue weighted by atomic mass is 15.2. The van der Waals surface area contributed by atoms with Crippen molar-refractivity contribution in [2.45, 2.75) is 6.92 Å². The Morgan fingerprint density at radius 1 is 0.317 bits per heavy atom. The second-order valence-electron chi connectivity index (χ2n) is 16.0. The lowest BCUT2D eigenvalue weighted by Gasteiger charge is -2.17. The first kappa shape index (κ1) is 36.4. The molecule has 0 radical (unpaired) electrons. The lowest BCUT2D eigenvalue weighted by atomic mass is 9.91. The number of nitrogens with zero attached hydrogens (tertiary/aromatic N) is 5. The molecular formula is C58H39N5. The Hall–Kier alpha value is -8.41. The molecule has 3 heterocycles. The fraction of sp³-hybridized carbons (Fsp3) is 0.0172. The second-order valence-corrected chi connectivity index (χ2v) is 16.0. The number of hydrogen-bond acceptors (Lipinski definition) is 3. The molecule has 0 unspecified atom stereocenters. The van der Waals surface area contributed by atoms with Crippen molar-refractivity contribution in [3.05, 3.63) is 224 Å². The van der Waals surface area contributed by atoms with Crippen LogP contribution >= 0.6 is 0 Å². The predicted octanol–water partition coefficient (Wildman–Crippen LogP) is 14.7. The van der Waals surface area contributed by atoms with Crippen LogP contribution in [0.15, 0.2) is 218 Å². The van der Waals surface area contributed by atoms with Gasteiger partial charge in [0.05, 0.1) is 22.1 Å². The first-order valence-corrected chi connectivity index (χ1v) is 21.4. The largest absolute Gasteiger partial charge is 0.307 e. The maximum absolute atomic E-state index is 5.46. The molecule has 9 aromatic carbocycles. The van der Waals surface area contributed by atoms with Crippen molar-refractivity contribution >= 4 is 43.6 Å². The van der Waals surface area contributed by atoms with Crippen LogP contribution in [0.1, 0.15) is 5.56 Å². The minimum atomic E-state index is 0.553. The summed E-state index contributed by atoms with van der Waals surface area (Å²) in [6, 6.07) is 77.4. The van der Waals surface area contributed by atoms with E-state index in [9.17, 15) is 0 Å². The minimum Gasteiger partial charge on any atom is -0.307 e. The topological polar surface area (TPSA) is 48.5 Å². The third kappa shape index (κ3) is 6.05. The van der Waals surface area contributed by atoms with Gasteiger partial charge in [0.25, 0.3) is 0 Å². The summed E-state index contributed by atoms with van der Waals surface area (Å²) in [4.78, 5) is 16.1. The fourth-order valence-electron chi connectivity index (χ4n) is 9.46. The Kier molecular flexibility index (Phi) is 8.64. The van der Waals surface area contributed by atoms with E-state index in [0.717, 1.165) is 66.2 Å². The highest BCUT2D eigenvalue weighted by Gasteiger charge is 2.24. The van der Waals surface area contributed by atoms with E-state index in [4.69, 9.17) is 15.0 Å². The van der Waals surface area contributed by atoms with Gasteiger partial charge in [-0.15, -0.1) is 0 Å². The summed E-state index contributed by atoms with van der Waals surface area (Å²) < 4.78 is 4.71. The first-order valence-electron chi connectivity index (χ1n) is 21.4. The van der Waals surface area contributed by atoms with Gasteiger partial charge in [0.15, 0.2) is 11.6 Å². The van der Waals surface area contributed by atoms with Crippen molar-refractivity contribution in [2.75, 3.05) is 0 Å². The Balaban J connectivity index is 1.20. The fourth-order valence-corrected chi connectivity index (χ4v) is 9.46. The Labute approximate surface area is 364 Å². The molecule has 0 bridgehead atoms. The van der Waals surface area contributed by atoms with Gasteiger partial charge in [-0.2, -0.15) is 9.97 Å². The van der Waals surface area contributed by atoms with Gasteiger partial charge in [0.1, 0.15) is 0 Å². The van der Waals surface area contributed by atoms with Gasteiger partial charge in [-0.25, -0.2) is 4.98 Å². The summed E-state index contributed by atoms with van der Waals surface area (Å²) in [5.41, 5.74) is 15.3. The third-order valence-electron chi connectivity index (χ3n) is 12.4. The highest BCUT2D eigenvalue weighted by molar-refractivity contribution is 6.23.